The van der Waals surface area contributed by atoms with Gasteiger partial charge in [-0.05, 0) is 36.5 Å². The van der Waals surface area contributed by atoms with Gasteiger partial charge in [-0.15, -0.1) is 6.42 Å². The van der Waals surface area contributed by atoms with Crippen LogP contribution in [0.5, 0.6) is 11.5 Å². The zero-order valence-corrected chi connectivity index (χ0v) is 13.8. The van der Waals surface area contributed by atoms with E-state index in [4.69, 9.17) is 15.9 Å². The van der Waals surface area contributed by atoms with Crippen LogP contribution in [0.2, 0.25) is 0 Å². The lowest BCUT2D eigenvalue weighted by Gasteiger charge is -2.14. The Morgan fingerprint density at radius 3 is 2.48 bits per heavy atom. The molecule has 0 N–H and O–H groups in total. The first kappa shape index (κ1) is 17.4. The van der Waals surface area contributed by atoms with Crippen LogP contribution in [0, 0.1) is 24.2 Å². The average Bonchev–Trinajstić information content (AvgIpc) is 2.47. The highest BCUT2D eigenvalue weighted by molar-refractivity contribution is 5.47. The maximum Gasteiger partial charge on any atom is 0.161 e. The molecule has 0 bridgehead atoms. The summed E-state index contributed by atoms with van der Waals surface area (Å²) in [7, 11) is 1.64. The van der Waals surface area contributed by atoms with Crippen LogP contribution in [0.1, 0.15) is 52.0 Å². The van der Waals surface area contributed by atoms with E-state index < -0.39 is 0 Å². The zero-order valence-electron chi connectivity index (χ0n) is 13.8. The van der Waals surface area contributed by atoms with E-state index in [1.165, 1.54) is 19.3 Å². The molecule has 0 amide bonds. The van der Waals surface area contributed by atoms with Gasteiger partial charge >= 0.3 is 0 Å². The third kappa shape index (κ3) is 6.58. The standard InChI is InChI=1S/C19H28O2/c1-6-17-10-11-18(19(14-17)20-5)21-13-12-16(4)9-7-8-15(2)3/h1,10-11,14-16H,7-9,12-13H2,2-5H3. The van der Waals surface area contributed by atoms with Crippen LogP contribution < -0.4 is 9.47 Å². The van der Waals surface area contributed by atoms with E-state index in [0.717, 1.165) is 23.7 Å². The number of terminal acetylenes is 1. The van der Waals surface area contributed by atoms with Crippen molar-refractivity contribution in [2.75, 3.05) is 13.7 Å². The highest BCUT2D eigenvalue weighted by Crippen LogP contribution is 2.28. The van der Waals surface area contributed by atoms with Gasteiger partial charge in [0, 0.05) is 5.56 Å². The lowest BCUT2D eigenvalue weighted by atomic mass is 9.98. The maximum atomic E-state index is 5.83. The Morgan fingerprint density at radius 2 is 1.86 bits per heavy atom. The summed E-state index contributed by atoms with van der Waals surface area (Å²) < 4.78 is 11.1. The Kier molecular flexibility index (Phi) is 7.75. The van der Waals surface area contributed by atoms with Crippen molar-refractivity contribution in [3.8, 4) is 23.8 Å². The molecule has 0 saturated carbocycles. The quantitative estimate of drug-likeness (QED) is 0.601. The molecule has 0 saturated heterocycles. The van der Waals surface area contributed by atoms with E-state index >= 15 is 0 Å². The van der Waals surface area contributed by atoms with Gasteiger partial charge in [0.15, 0.2) is 11.5 Å². The van der Waals surface area contributed by atoms with Gasteiger partial charge in [0.25, 0.3) is 0 Å². The molecule has 116 valence electrons. The van der Waals surface area contributed by atoms with Crippen molar-refractivity contribution in [2.24, 2.45) is 11.8 Å². The predicted octanol–water partition coefficient (Wildman–Crippen LogP) is 4.91. The van der Waals surface area contributed by atoms with Gasteiger partial charge in [0.1, 0.15) is 0 Å². The SMILES string of the molecule is C#Cc1ccc(OCCC(C)CCCC(C)C)c(OC)c1. The molecule has 21 heavy (non-hydrogen) atoms. The van der Waals surface area contributed by atoms with Crippen molar-refractivity contribution in [1.82, 2.24) is 0 Å². The topological polar surface area (TPSA) is 18.5 Å². The molecule has 1 unspecified atom stereocenters. The third-order valence-electron chi connectivity index (χ3n) is 3.68. The molecule has 0 aliphatic rings. The normalized spacial score (nSPS) is 12.0. The average molecular weight is 288 g/mol. The van der Waals surface area contributed by atoms with Crippen LogP contribution >= 0.6 is 0 Å². The molecule has 0 aliphatic heterocycles. The van der Waals surface area contributed by atoms with E-state index in [2.05, 4.69) is 26.7 Å². The van der Waals surface area contributed by atoms with Crippen molar-refractivity contribution in [2.45, 2.75) is 46.5 Å². The summed E-state index contributed by atoms with van der Waals surface area (Å²) in [5, 5.41) is 0. The summed E-state index contributed by atoms with van der Waals surface area (Å²) in [6.07, 6.45) is 10.3. The molecule has 1 rings (SSSR count). The lowest BCUT2D eigenvalue weighted by molar-refractivity contribution is 0.262. The van der Waals surface area contributed by atoms with Gasteiger partial charge in [-0.25, -0.2) is 0 Å². The number of rotatable bonds is 9. The molecule has 0 heterocycles. The van der Waals surface area contributed by atoms with Gasteiger partial charge in [0.2, 0.25) is 0 Å². The molecule has 2 nitrogen and oxygen atoms in total. The Bertz CT molecular complexity index is 457. The number of methoxy groups -OCH3 is 1. The predicted molar refractivity (Wildman–Crippen MR) is 88.9 cm³/mol. The molecule has 1 aromatic rings. The summed E-state index contributed by atoms with van der Waals surface area (Å²) in [4.78, 5) is 0. The second-order valence-corrected chi connectivity index (χ2v) is 6.08. The third-order valence-corrected chi connectivity index (χ3v) is 3.68. The van der Waals surface area contributed by atoms with Crippen LogP contribution in [0.3, 0.4) is 0 Å². The maximum absolute atomic E-state index is 5.83. The summed E-state index contributed by atoms with van der Waals surface area (Å²) in [6, 6.07) is 5.60. The van der Waals surface area contributed by atoms with E-state index in [-0.39, 0.29) is 0 Å². The minimum atomic E-state index is 0.694. The van der Waals surface area contributed by atoms with E-state index in [9.17, 15) is 0 Å². The first-order valence-electron chi connectivity index (χ1n) is 7.84. The monoisotopic (exact) mass is 288 g/mol. The Morgan fingerprint density at radius 1 is 1.10 bits per heavy atom. The van der Waals surface area contributed by atoms with E-state index in [0.29, 0.717) is 18.3 Å². The Balaban J connectivity index is 2.37. The number of hydrogen-bond donors (Lipinski definition) is 0. The fourth-order valence-corrected chi connectivity index (χ4v) is 2.27. The molecule has 2 heteroatoms. The largest absolute Gasteiger partial charge is 0.493 e. The molecule has 0 aromatic heterocycles. The number of ether oxygens (including phenoxy) is 2. The van der Waals surface area contributed by atoms with Crippen LogP contribution in [-0.4, -0.2) is 13.7 Å². The minimum absolute atomic E-state index is 0.694. The van der Waals surface area contributed by atoms with Crippen molar-refractivity contribution in [1.29, 1.82) is 0 Å². The summed E-state index contributed by atoms with van der Waals surface area (Å²) in [6.45, 7) is 7.57. The zero-order chi connectivity index (χ0) is 15.7. The molecule has 1 atom stereocenters. The molecule has 1 aromatic carbocycles. The highest BCUT2D eigenvalue weighted by atomic mass is 16.5. The Labute approximate surface area is 129 Å². The number of hydrogen-bond acceptors (Lipinski definition) is 2. The van der Waals surface area contributed by atoms with Gasteiger partial charge in [-0.3, -0.25) is 0 Å². The molecule has 0 fully saturated rings. The molecule has 0 aliphatic carbocycles. The van der Waals surface area contributed by atoms with Crippen LogP contribution in [0.4, 0.5) is 0 Å². The second kappa shape index (κ2) is 9.34. The lowest BCUT2D eigenvalue weighted by Crippen LogP contribution is -2.05. The fourth-order valence-electron chi connectivity index (χ4n) is 2.27. The van der Waals surface area contributed by atoms with Crippen molar-refractivity contribution >= 4 is 0 Å². The van der Waals surface area contributed by atoms with Gasteiger partial charge in [0.05, 0.1) is 13.7 Å². The van der Waals surface area contributed by atoms with Crippen LogP contribution in [0.15, 0.2) is 18.2 Å². The molecular weight excluding hydrogens is 260 g/mol. The van der Waals surface area contributed by atoms with Crippen LogP contribution in [0.25, 0.3) is 0 Å². The second-order valence-electron chi connectivity index (χ2n) is 6.08. The molecule has 0 radical (unpaired) electrons. The first-order chi connectivity index (χ1) is 10.1. The minimum Gasteiger partial charge on any atom is -0.493 e. The van der Waals surface area contributed by atoms with E-state index in [1.54, 1.807) is 7.11 Å². The van der Waals surface area contributed by atoms with Gasteiger partial charge in [-0.1, -0.05) is 46.0 Å². The van der Waals surface area contributed by atoms with Crippen LogP contribution in [-0.2, 0) is 0 Å². The van der Waals surface area contributed by atoms with Gasteiger partial charge in [-0.2, -0.15) is 0 Å². The summed E-state index contributed by atoms with van der Waals surface area (Å²) in [5.41, 5.74) is 0.807. The first-order valence-corrected chi connectivity index (χ1v) is 7.84. The smallest absolute Gasteiger partial charge is 0.161 e. The summed E-state index contributed by atoms with van der Waals surface area (Å²) in [5.74, 6) is 5.57. The van der Waals surface area contributed by atoms with Crippen molar-refractivity contribution in [3.05, 3.63) is 23.8 Å². The Hall–Kier alpha value is -1.62. The molecule has 0 spiro atoms. The fraction of sp³-hybridized carbons (Fsp3) is 0.579. The van der Waals surface area contributed by atoms with Crippen molar-refractivity contribution < 1.29 is 9.47 Å². The summed E-state index contributed by atoms with van der Waals surface area (Å²) >= 11 is 0. The van der Waals surface area contributed by atoms with Gasteiger partial charge < -0.3 is 9.47 Å². The van der Waals surface area contributed by atoms with Crippen molar-refractivity contribution in [3.63, 3.8) is 0 Å². The highest BCUT2D eigenvalue weighted by Gasteiger charge is 2.07. The molecular formula is C19H28O2. The van der Waals surface area contributed by atoms with E-state index in [1.807, 2.05) is 18.2 Å². The number of benzene rings is 1.